The molecule has 16 heavy (non-hydrogen) atoms. The normalized spacial score (nSPS) is 16.6. The molecular weight excluding hydrogens is 228 g/mol. The number of rotatable bonds is 6. The smallest absolute Gasteiger partial charge is 0.220 e. The third-order valence-electron chi connectivity index (χ3n) is 2.87. The average Bonchev–Trinajstić information content (AvgIpc) is 2.28. The molecule has 0 bridgehead atoms. The molecule has 0 aromatic carbocycles. The topological polar surface area (TPSA) is 50.4 Å². The fourth-order valence-electron chi connectivity index (χ4n) is 1.89. The summed E-state index contributed by atoms with van der Waals surface area (Å²) in [6, 6.07) is 0. The molecule has 5 heteroatoms. The second kappa shape index (κ2) is 9.87. The van der Waals surface area contributed by atoms with Gasteiger partial charge in [0, 0.05) is 20.1 Å². The van der Waals surface area contributed by atoms with Crippen LogP contribution in [0.4, 0.5) is 0 Å². The lowest BCUT2D eigenvalue weighted by Crippen LogP contribution is -2.30. The second-order valence-electron chi connectivity index (χ2n) is 4.07. The molecule has 0 aromatic rings. The molecule has 4 nitrogen and oxygen atoms in total. The van der Waals surface area contributed by atoms with Crippen molar-refractivity contribution >= 4 is 18.3 Å². The summed E-state index contributed by atoms with van der Waals surface area (Å²) in [5.74, 6) is 0.894. The van der Waals surface area contributed by atoms with Gasteiger partial charge in [-0.2, -0.15) is 0 Å². The number of piperidine rings is 1. The molecule has 0 unspecified atom stereocenters. The SMILES string of the molecule is COCCNC(=O)CCC1CCNCC1.Cl. The van der Waals surface area contributed by atoms with Crippen LogP contribution < -0.4 is 10.6 Å². The zero-order valence-electron chi connectivity index (χ0n) is 9.96. The van der Waals surface area contributed by atoms with Gasteiger partial charge in [-0.25, -0.2) is 0 Å². The zero-order chi connectivity index (χ0) is 10.9. The maximum absolute atomic E-state index is 11.4. The van der Waals surface area contributed by atoms with Gasteiger partial charge in [0.05, 0.1) is 6.61 Å². The number of hydrogen-bond donors (Lipinski definition) is 2. The molecule has 1 aliphatic heterocycles. The van der Waals surface area contributed by atoms with Crippen molar-refractivity contribution in [2.75, 3.05) is 33.4 Å². The summed E-state index contributed by atoms with van der Waals surface area (Å²) in [7, 11) is 1.64. The summed E-state index contributed by atoms with van der Waals surface area (Å²) in [6.45, 7) is 3.44. The Bertz CT molecular complexity index is 185. The first kappa shape index (κ1) is 15.7. The van der Waals surface area contributed by atoms with E-state index < -0.39 is 0 Å². The van der Waals surface area contributed by atoms with Gasteiger partial charge in [-0.05, 0) is 38.3 Å². The fourth-order valence-corrected chi connectivity index (χ4v) is 1.89. The van der Waals surface area contributed by atoms with Crippen LogP contribution >= 0.6 is 12.4 Å². The Morgan fingerprint density at radius 3 is 2.75 bits per heavy atom. The molecule has 0 spiro atoms. The summed E-state index contributed by atoms with van der Waals surface area (Å²) >= 11 is 0. The van der Waals surface area contributed by atoms with E-state index in [1.54, 1.807) is 7.11 Å². The first-order valence-electron chi connectivity index (χ1n) is 5.79. The van der Waals surface area contributed by atoms with Crippen molar-refractivity contribution in [3.63, 3.8) is 0 Å². The molecule has 1 heterocycles. The third-order valence-corrected chi connectivity index (χ3v) is 2.87. The Labute approximate surface area is 104 Å². The molecule has 0 aliphatic carbocycles. The van der Waals surface area contributed by atoms with Gasteiger partial charge in [0.15, 0.2) is 0 Å². The lowest BCUT2D eigenvalue weighted by atomic mass is 9.93. The van der Waals surface area contributed by atoms with Crippen molar-refractivity contribution in [1.29, 1.82) is 0 Å². The van der Waals surface area contributed by atoms with E-state index in [-0.39, 0.29) is 18.3 Å². The van der Waals surface area contributed by atoms with Gasteiger partial charge in [0.2, 0.25) is 5.91 Å². The minimum atomic E-state index is 0. The summed E-state index contributed by atoms with van der Waals surface area (Å²) in [5.41, 5.74) is 0. The van der Waals surface area contributed by atoms with E-state index in [9.17, 15) is 4.79 Å². The molecule has 1 aliphatic rings. The molecule has 1 saturated heterocycles. The first-order valence-corrected chi connectivity index (χ1v) is 5.79. The number of amides is 1. The molecule has 0 saturated carbocycles. The van der Waals surface area contributed by atoms with Crippen LogP contribution in [-0.2, 0) is 9.53 Å². The predicted octanol–water partition coefficient (Wildman–Crippen LogP) is 0.951. The van der Waals surface area contributed by atoms with Gasteiger partial charge in [-0.3, -0.25) is 4.79 Å². The highest BCUT2D eigenvalue weighted by molar-refractivity contribution is 5.85. The number of carbonyl (C=O) groups is 1. The van der Waals surface area contributed by atoms with E-state index in [4.69, 9.17) is 4.74 Å². The number of carbonyl (C=O) groups excluding carboxylic acids is 1. The molecule has 1 rings (SSSR count). The van der Waals surface area contributed by atoms with Gasteiger partial charge < -0.3 is 15.4 Å². The van der Waals surface area contributed by atoms with E-state index in [2.05, 4.69) is 10.6 Å². The highest BCUT2D eigenvalue weighted by Gasteiger charge is 2.13. The Balaban J connectivity index is 0.00000225. The van der Waals surface area contributed by atoms with Crippen LogP contribution in [0.25, 0.3) is 0 Å². The summed E-state index contributed by atoms with van der Waals surface area (Å²) in [4.78, 5) is 11.4. The van der Waals surface area contributed by atoms with Crippen LogP contribution in [0.5, 0.6) is 0 Å². The van der Waals surface area contributed by atoms with Gasteiger partial charge in [0.25, 0.3) is 0 Å². The molecule has 96 valence electrons. The number of ether oxygens (including phenoxy) is 1. The number of nitrogens with one attached hydrogen (secondary N) is 2. The van der Waals surface area contributed by atoms with Crippen LogP contribution in [0.15, 0.2) is 0 Å². The largest absolute Gasteiger partial charge is 0.383 e. The monoisotopic (exact) mass is 250 g/mol. The van der Waals surface area contributed by atoms with E-state index >= 15 is 0 Å². The maximum Gasteiger partial charge on any atom is 0.220 e. The fraction of sp³-hybridized carbons (Fsp3) is 0.909. The molecule has 2 N–H and O–H groups in total. The molecule has 1 amide bonds. The lowest BCUT2D eigenvalue weighted by molar-refractivity contribution is -0.121. The highest BCUT2D eigenvalue weighted by Crippen LogP contribution is 2.17. The zero-order valence-corrected chi connectivity index (χ0v) is 10.8. The summed E-state index contributed by atoms with van der Waals surface area (Å²) < 4.78 is 4.86. The van der Waals surface area contributed by atoms with Crippen molar-refractivity contribution < 1.29 is 9.53 Å². The molecule has 0 atom stereocenters. The quantitative estimate of drug-likeness (QED) is 0.691. The van der Waals surface area contributed by atoms with Crippen molar-refractivity contribution in [3.8, 4) is 0 Å². The van der Waals surface area contributed by atoms with Gasteiger partial charge >= 0.3 is 0 Å². The van der Waals surface area contributed by atoms with Crippen LogP contribution in [0.3, 0.4) is 0 Å². The van der Waals surface area contributed by atoms with Gasteiger partial charge in [-0.1, -0.05) is 0 Å². The minimum Gasteiger partial charge on any atom is -0.383 e. The van der Waals surface area contributed by atoms with Crippen molar-refractivity contribution in [2.45, 2.75) is 25.7 Å². The van der Waals surface area contributed by atoms with E-state index in [0.717, 1.165) is 25.4 Å². The average molecular weight is 251 g/mol. The number of halogens is 1. The van der Waals surface area contributed by atoms with Gasteiger partial charge in [-0.15, -0.1) is 12.4 Å². The molecule has 1 fully saturated rings. The van der Waals surface area contributed by atoms with Crippen LogP contribution in [-0.4, -0.2) is 39.3 Å². The second-order valence-corrected chi connectivity index (χ2v) is 4.07. The minimum absolute atomic E-state index is 0. The summed E-state index contributed by atoms with van der Waals surface area (Å²) in [5, 5.41) is 6.17. The van der Waals surface area contributed by atoms with Gasteiger partial charge in [0.1, 0.15) is 0 Å². The Kier molecular flexibility index (Phi) is 9.68. The number of methoxy groups -OCH3 is 1. The Morgan fingerprint density at radius 1 is 1.44 bits per heavy atom. The van der Waals surface area contributed by atoms with E-state index in [1.807, 2.05) is 0 Å². The summed E-state index contributed by atoms with van der Waals surface area (Å²) in [6.07, 6.45) is 4.12. The van der Waals surface area contributed by atoms with E-state index in [1.165, 1.54) is 12.8 Å². The molecule has 0 aromatic heterocycles. The van der Waals surface area contributed by atoms with Crippen molar-refractivity contribution in [2.24, 2.45) is 5.92 Å². The predicted molar refractivity (Wildman–Crippen MR) is 67.0 cm³/mol. The molecule has 0 radical (unpaired) electrons. The van der Waals surface area contributed by atoms with E-state index in [0.29, 0.717) is 19.6 Å². The standard InChI is InChI=1S/C11H22N2O2.ClH/c1-15-9-8-13-11(14)3-2-10-4-6-12-7-5-10;/h10,12H,2-9H2,1H3,(H,13,14);1H. The van der Waals surface area contributed by atoms with Crippen LogP contribution in [0.2, 0.25) is 0 Å². The van der Waals surface area contributed by atoms with Crippen LogP contribution in [0.1, 0.15) is 25.7 Å². The van der Waals surface area contributed by atoms with Crippen molar-refractivity contribution in [1.82, 2.24) is 10.6 Å². The maximum atomic E-state index is 11.4. The van der Waals surface area contributed by atoms with Crippen LogP contribution in [0, 0.1) is 5.92 Å². The Hall–Kier alpha value is -0.320. The van der Waals surface area contributed by atoms with Crippen molar-refractivity contribution in [3.05, 3.63) is 0 Å². The first-order chi connectivity index (χ1) is 7.33. The third kappa shape index (κ3) is 7.04. The lowest BCUT2D eigenvalue weighted by Gasteiger charge is -2.22. The Morgan fingerprint density at radius 2 is 2.12 bits per heavy atom. The highest BCUT2D eigenvalue weighted by atomic mass is 35.5. The molecular formula is C11H23ClN2O2. The number of hydrogen-bond acceptors (Lipinski definition) is 3.